The molecule has 10 heteroatoms. The molecule has 0 aromatic heterocycles. The molecule has 0 spiro atoms. The van der Waals surface area contributed by atoms with Crippen LogP contribution in [0.25, 0.3) is 0 Å². The minimum atomic E-state index is -1.88. The van der Waals surface area contributed by atoms with Crippen LogP contribution in [-0.4, -0.2) is 68.7 Å². The molecule has 0 saturated carbocycles. The molecule has 1 aromatic carbocycles. The summed E-state index contributed by atoms with van der Waals surface area (Å²) in [7, 11) is 27.7. The first-order valence-corrected chi connectivity index (χ1v) is 6.03. The Morgan fingerprint density at radius 1 is 1.00 bits per heavy atom. The lowest BCUT2D eigenvalue weighted by Gasteiger charge is -2.56. The smallest absolute Gasteiger partial charge is 0.203 e. The minimum absolute atomic E-state index is 0.0791. The van der Waals surface area contributed by atoms with Crippen molar-refractivity contribution in [3.05, 3.63) is 29.6 Å². The predicted octanol–water partition coefficient (Wildman–Crippen LogP) is -0.263. The fourth-order valence-electron chi connectivity index (χ4n) is 1.87. The zero-order valence-electron chi connectivity index (χ0n) is 11.0. The Morgan fingerprint density at radius 2 is 1.52 bits per heavy atom. The Bertz CT molecular complexity index is 545. The van der Waals surface area contributed by atoms with E-state index in [9.17, 15) is 13.2 Å². The Labute approximate surface area is 127 Å². The van der Waals surface area contributed by atoms with Crippen LogP contribution in [0.3, 0.4) is 0 Å². The predicted molar refractivity (Wildman–Crippen MR) is 76.5 cm³/mol. The van der Waals surface area contributed by atoms with E-state index in [0.717, 1.165) is 6.07 Å². The highest BCUT2D eigenvalue weighted by Gasteiger charge is 2.43. The van der Waals surface area contributed by atoms with E-state index in [1.165, 1.54) is 4.90 Å². The molecule has 1 aliphatic rings. The van der Waals surface area contributed by atoms with E-state index in [1.807, 2.05) is 0 Å². The molecule has 98 valence electrons. The second kappa shape index (κ2) is 5.38. The van der Waals surface area contributed by atoms with Crippen molar-refractivity contribution in [2.24, 2.45) is 0 Å². The van der Waals surface area contributed by atoms with E-state index < -0.39 is 39.8 Å². The number of likely N-dealkylation sites (tertiary alicyclic amines) is 1. The third-order valence-electron chi connectivity index (χ3n) is 3.35. The topological polar surface area (TPSA) is 12.5 Å². The van der Waals surface area contributed by atoms with Crippen LogP contribution in [0.1, 0.15) is 0 Å². The number of hydrogen-bond donors (Lipinski definition) is 0. The normalized spacial score (nSPS) is 17.5. The van der Waals surface area contributed by atoms with Gasteiger partial charge in [0.1, 0.15) is 6.10 Å². The average molecular weight is 280 g/mol. The van der Waals surface area contributed by atoms with Gasteiger partial charge in [0, 0.05) is 13.1 Å². The van der Waals surface area contributed by atoms with Crippen LogP contribution in [0.4, 0.5) is 13.2 Å². The summed E-state index contributed by atoms with van der Waals surface area (Å²) >= 11 is 0. The van der Waals surface area contributed by atoms with Gasteiger partial charge >= 0.3 is 0 Å². The molecule has 0 aliphatic carbocycles. The quantitative estimate of drug-likeness (QED) is 0.556. The molecule has 1 fully saturated rings. The van der Waals surface area contributed by atoms with Crippen LogP contribution in [0.5, 0.6) is 5.75 Å². The zero-order chi connectivity index (χ0) is 16.0. The van der Waals surface area contributed by atoms with E-state index >= 15 is 0 Å². The fraction of sp³-hybridized carbons (Fsp3) is 0.455. The van der Waals surface area contributed by atoms with Crippen LogP contribution in [-0.2, 0) is 0 Å². The van der Waals surface area contributed by atoms with Gasteiger partial charge in [0.25, 0.3) is 0 Å². The van der Waals surface area contributed by atoms with Crippen LogP contribution >= 0.6 is 0 Å². The van der Waals surface area contributed by atoms with Crippen molar-refractivity contribution in [1.29, 1.82) is 0 Å². The first-order valence-electron chi connectivity index (χ1n) is 6.03. The van der Waals surface area contributed by atoms with E-state index in [4.69, 9.17) is 44.0 Å². The molecule has 2 nitrogen and oxygen atoms in total. The van der Waals surface area contributed by atoms with Crippen molar-refractivity contribution in [3.63, 3.8) is 0 Å². The van der Waals surface area contributed by atoms with Gasteiger partial charge in [-0.25, -0.2) is 8.78 Å². The van der Waals surface area contributed by atoms with Crippen LogP contribution in [0.15, 0.2) is 12.1 Å². The Kier molecular flexibility index (Phi) is 4.22. The average Bonchev–Trinajstić information content (AvgIpc) is 2.30. The van der Waals surface area contributed by atoms with E-state index in [1.54, 1.807) is 0 Å². The molecule has 2 rings (SSSR count). The van der Waals surface area contributed by atoms with Crippen molar-refractivity contribution >= 4 is 39.2 Å². The van der Waals surface area contributed by atoms with Gasteiger partial charge in [-0.15, -0.1) is 5.11 Å². The molecule has 21 heavy (non-hydrogen) atoms. The van der Waals surface area contributed by atoms with E-state index in [-0.39, 0.29) is 13.1 Å². The van der Waals surface area contributed by atoms with Crippen molar-refractivity contribution in [2.75, 3.05) is 13.1 Å². The largest absolute Gasteiger partial charge is 0.482 e. The summed E-state index contributed by atoms with van der Waals surface area (Å²) < 4.78 is 45.0. The Hall–Kier alpha value is -0.905. The SMILES string of the molecule is [B]C([B])([B])C([B])([B])N1CC(Oc2c(F)ccc(F)c2F)C1. The summed E-state index contributed by atoms with van der Waals surface area (Å²) in [4.78, 5) is 1.38. The lowest BCUT2D eigenvalue weighted by atomic mass is 9.26. The van der Waals surface area contributed by atoms with Gasteiger partial charge in [-0.1, -0.05) is 5.34 Å². The summed E-state index contributed by atoms with van der Waals surface area (Å²) in [5, 5.41) is -3.61. The molecular weight excluding hydrogens is 273 g/mol. The van der Waals surface area contributed by atoms with Gasteiger partial charge in [0.2, 0.25) is 5.82 Å². The molecule has 1 aliphatic heterocycles. The highest BCUT2D eigenvalue weighted by molar-refractivity contribution is 6.67. The summed E-state index contributed by atoms with van der Waals surface area (Å²) in [6, 6.07) is 1.44. The second-order valence-corrected chi connectivity index (χ2v) is 5.08. The number of nitrogens with zero attached hydrogens (tertiary/aromatic N) is 1. The first kappa shape index (κ1) is 16.5. The van der Waals surface area contributed by atoms with Gasteiger partial charge in [-0.05, 0) is 12.1 Å². The maximum Gasteiger partial charge on any atom is 0.203 e. The van der Waals surface area contributed by atoms with Crippen molar-refractivity contribution in [1.82, 2.24) is 4.90 Å². The second-order valence-electron chi connectivity index (χ2n) is 5.08. The van der Waals surface area contributed by atoms with Gasteiger partial charge < -0.3 is 9.64 Å². The summed E-state index contributed by atoms with van der Waals surface area (Å²) in [5.41, 5.74) is 0. The summed E-state index contributed by atoms with van der Waals surface area (Å²) in [6.45, 7) is 0.158. The standard InChI is InChI=1S/C11H7B5F3NO/c12-10(13,14)11(15,16)20-3-5(4-20)21-9-7(18)2-1-6(17)8(9)19/h1-2,5H,3-4H2. The molecular formula is C11H7B5F3NO. The zero-order valence-corrected chi connectivity index (χ0v) is 11.0. The third-order valence-corrected chi connectivity index (χ3v) is 3.35. The van der Waals surface area contributed by atoms with Crippen molar-refractivity contribution in [2.45, 2.75) is 16.6 Å². The Balaban J connectivity index is 2.03. The maximum atomic E-state index is 13.4. The fourth-order valence-corrected chi connectivity index (χ4v) is 1.87. The van der Waals surface area contributed by atoms with E-state index in [0.29, 0.717) is 6.07 Å². The summed E-state index contributed by atoms with van der Waals surface area (Å²) in [5.74, 6) is -4.41. The van der Waals surface area contributed by atoms with Gasteiger partial charge in [-0.2, -0.15) is 4.39 Å². The van der Waals surface area contributed by atoms with Crippen LogP contribution in [0, 0.1) is 17.5 Å². The molecule has 0 N–H and O–H groups in total. The van der Waals surface area contributed by atoms with Gasteiger partial charge in [0.15, 0.2) is 17.4 Å². The molecule has 0 atom stereocenters. The van der Waals surface area contributed by atoms with Crippen LogP contribution < -0.4 is 4.74 Å². The first-order chi connectivity index (χ1) is 9.54. The molecule has 1 heterocycles. The molecule has 0 bridgehead atoms. The lowest BCUT2D eigenvalue weighted by Crippen LogP contribution is -2.69. The summed E-state index contributed by atoms with van der Waals surface area (Å²) in [6.07, 6.45) is -0.648. The third kappa shape index (κ3) is 3.00. The van der Waals surface area contributed by atoms with Crippen LogP contribution in [0.2, 0.25) is 5.11 Å². The number of ether oxygens (including phenoxy) is 1. The maximum absolute atomic E-state index is 13.4. The lowest BCUT2D eigenvalue weighted by molar-refractivity contribution is -0.00482. The number of rotatable bonds is 4. The number of benzene rings is 1. The highest BCUT2D eigenvalue weighted by Crippen LogP contribution is 2.34. The molecule has 1 saturated heterocycles. The Morgan fingerprint density at radius 3 is 2.05 bits per heavy atom. The minimum Gasteiger partial charge on any atom is -0.482 e. The van der Waals surface area contributed by atoms with Crippen molar-refractivity contribution < 1.29 is 17.9 Å². The van der Waals surface area contributed by atoms with Gasteiger partial charge in [0.05, 0.1) is 39.2 Å². The highest BCUT2D eigenvalue weighted by atomic mass is 19.2. The van der Waals surface area contributed by atoms with Gasteiger partial charge in [-0.3, -0.25) is 0 Å². The monoisotopic (exact) mass is 281 g/mol. The molecule has 0 unspecified atom stereocenters. The van der Waals surface area contributed by atoms with Crippen molar-refractivity contribution in [3.8, 4) is 5.75 Å². The molecule has 1 aromatic rings. The number of hydrogen-bond acceptors (Lipinski definition) is 2. The molecule has 10 radical (unpaired) electrons. The molecule has 0 amide bonds. The number of halogens is 3. The van der Waals surface area contributed by atoms with E-state index in [2.05, 4.69) is 0 Å².